The highest BCUT2D eigenvalue weighted by molar-refractivity contribution is 5.92. The van der Waals surface area contributed by atoms with E-state index in [1.54, 1.807) is 18.0 Å². The lowest BCUT2D eigenvalue weighted by atomic mass is 10.0. The number of nitrogens with one attached hydrogen (secondary N) is 1. The standard InChI is InChI=1S/C30H34N2O4/c1-4-5-9-19-31-30(34)32(2)26-14-10-13-25(21-26)27-17-15-23(16-18-29(33)35-3)20-28(27)36-22-24-11-7-6-8-12-24/h6-8,10-18,20-21H,4-5,9,19,22H2,1-3H3,(H,31,34)/b18-16+. The molecule has 0 fully saturated rings. The summed E-state index contributed by atoms with van der Waals surface area (Å²) >= 11 is 0. The number of rotatable bonds is 11. The number of esters is 1. The van der Waals surface area contributed by atoms with E-state index in [2.05, 4.69) is 12.2 Å². The van der Waals surface area contributed by atoms with Crippen LogP contribution in [0.4, 0.5) is 10.5 Å². The van der Waals surface area contributed by atoms with Gasteiger partial charge in [-0.3, -0.25) is 4.90 Å². The van der Waals surface area contributed by atoms with Gasteiger partial charge in [-0.1, -0.05) is 74.4 Å². The van der Waals surface area contributed by atoms with E-state index in [1.807, 2.05) is 72.8 Å². The molecule has 0 aliphatic heterocycles. The molecule has 0 radical (unpaired) electrons. The van der Waals surface area contributed by atoms with Crippen LogP contribution >= 0.6 is 0 Å². The van der Waals surface area contributed by atoms with Gasteiger partial charge in [0.25, 0.3) is 0 Å². The highest BCUT2D eigenvalue weighted by atomic mass is 16.5. The second kappa shape index (κ2) is 13.7. The molecule has 0 atom stereocenters. The van der Waals surface area contributed by atoms with Crippen LogP contribution in [0, 0.1) is 0 Å². The summed E-state index contributed by atoms with van der Waals surface area (Å²) < 4.78 is 10.9. The lowest BCUT2D eigenvalue weighted by Gasteiger charge is -2.20. The molecule has 0 saturated carbocycles. The molecular weight excluding hydrogens is 452 g/mol. The number of carbonyl (C=O) groups is 2. The third-order valence-corrected chi connectivity index (χ3v) is 5.76. The number of carbonyl (C=O) groups excluding carboxylic acids is 2. The molecule has 0 bridgehead atoms. The van der Waals surface area contributed by atoms with Crippen molar-refractivity contribution in [2.24, 2.45) is 0 Å². The quantitative estimate of drug-likeness (QED) is 0.192. The van der Waals surface area contributed by atoms with Crippen LogP contribution in [-0.2, 0) is 16.1 Å². The molecule has 3 aromatic rings. The van der Waals surface area contributed by atoms with Crippen LogP contribution in [-0.4, -0.2) is 32.7 Å². The van der Waals surface area contributed by atoms with Crippen LogP contribution in [0.2, 0.25) is 0 Å². The summed E-state index contributed by atoms with van der Waals surface area (Å²) in [5.74, 6) is 0.254. The topological polar surface area (TPSA) is 67.9 Å². The highest BCUT2D eigenvalue weighted by Crippen LogP contribution is 2.34. The SMILES string of the molecule is CCCCCNC(=O)N(C)c1cccc(-c2ccc(/C=C/C(=O)OC)cc2OCc2ccccc2)c1. The number of methoxy groups -OCH3 is 1. The molecule has 3 aromatic carbocycles. The van der Waals surface area contributed by atoms with E-state index in [0.717, 1.165) is 47.2 Å². The number of hydrogen-bond donors (Lipinski definition) is 1. The monoisotopic (exact) mass is 486 g/mol. The molecule has 188 valence electrons. The third-order valence-electron chi connectivity index (χ3n) is 5.76. The molecule has 36 heavy (non-hydrogen) atoms. The zero-order valence-corrected chi connectivity index (χ0v) is 21.2. The van der Waals surface area contributed by atoms with Crippen LogP contribution in [0.3, 0.4) is 0 Å². The van der Waals surface area contributed by atoms with Crippen molar-refractivity contribution >= 4 is 23.8 Å². The minimum absolute atomic E-state index is 0.132. The van der Waals surface area contributed by atoms with E-state index < -0.39 is 5.97 Å². The van der Waals surface area contributed by atoms with E-state index in [0.29, 0.717) is 18.9 Å². The van der Waals surface area contributed by atoms with Gasteiger partial charge in [0, 0.05) is 30.9 Å². The summed E-state index contributed by atoms with van der Waals surface area (Å²) in [6.45, 7) is 3.20. The summed E-state index contributed by atoms with van der Waals surface area (Å²) in [6.07, 6.45) is 6.24. The number of anilines is 1. The Labute approximate surface area is 213 Å². The molecule has 0 spiro atoms. The van der Waals surface area contributed by atoms with Gasteiger partial charge >= 0.3 is 12.0 Å². The Morgan fingerprint density at radius 3 is 2.53 bits per heavy atom. The number of amides is 2. The summed E-state index contributed by atoms with van der Waals surface area (Å²) in [5, 5.41) is 2.98. The van der Waals surface area contributed by atoms with Crippen molar-refractivity contribution in [3.63, 3.8) is 0 Å². The number of benzene rings is 3. The molecule has 0 saturated heterocycles. The van der Waals surface area contributed by atoms with Gasteiger partial charge < -0.3 is 14.8 Å². The summed E-state index contributed by atoms with van der Waals surface area (Å²) in [5.41, 5.74) is 4.45. The lowest BCUT2D eigenvalue weighted by molar-refractivity contribution is -0.134. The Kier molecular flexibility index (Phi) is 10.1. The van der Waals surface area contributed by atoms with Crippen LogP contribution in [0.15, 0.2) is 78.9 Å². The molecule has 2 amide bonds. The molecule has 0 unspecified atom stereocenters. The molecule has 6 nitrogen and oxygen atoms in total. The van der Waals surface area contributed by atoms with Gasteiger partial charge in [0.15, 0.2) is 0 Å². The molecule has 3 rings (SSSR count). The van der Waals surface area contributed by atoms with Gasteiger partial charge in [0.05, 0.1) is 7.11 Å². The fourth-order valence-electron chi connectivity index (χ4n) is 3.66. The van der Waals surface area contributed by atoms with Gasteiger partial charge in [-0.05, 0) is 47.4 Å². The van der Waals surface area contributed by atoms with Crippen LogP contribution < -0.4 is 15.0 Å². The second-order valence-electron chi connectivity index (χ2n) is 8.43. The molecule has 6 heteroatoms. The van der Waals surface area contributed by atoms with Crippen LogP contribution in [0.1, 0.15) is 37.3 Å². The summed E-state index contributed by atoms with van der Waals surface area (Å²) in [7, 11) is 3.11. The number of urea groups is 1. The van der Waals surface area contributed by atoms with Crippen molar-refractivity contribution in [3.05, 3.63) is 90.0 Å². The zero-order valence-electron chi connectivity index (χ0n) is 21.2. The first-order valence-corrected chi connectivity index (χ1v) is 12.2. The van der Waals surface area contributed by atoms with Crippen molar-refractivity contribution in [2.75, 3.05) is 25.6 Å². The average Bonchev–Trinajstić information content (AvgIpc) is 2.93. The smallest absolute Gasteiger partial charge is 0.330 e. The number of ether oxygens (including phenoxy) is 2. The van der Waals surface area contributed by atoms with E-state index >= 15 is 0 Å². The van der Waals surface area contributed by atoms with Crippen molar-refractivity contribution in [1.29, 1.82) is 0 Å². The van der Waals surface area contributed by atoms with Gasteiger partial charge in [0.1, 0.15) is 12.4 Å². The van der Waals surface area contributed by atoms with Gasteiger partial charge in [-0.25, -0.2) is 9.59 Å². The van der Waals surface area contributed by atoms with Crippen molar-refractivity contribution < 1.29 is 19.1 Å². The minimum Gasteiger partial charge on any atom is -0.488 e. The van der Waals surface area contributed by atoms with Crippen LogP contribution in [0.5, 0.6) is 5.75 Å². The Balaban J connectivity index is 1.86. The Morgan fingerprint density at radius 1 is 0.972 bits per heavy atom. The Bertz CT molecular complexity index is 1170. The Hall–Kier alpha value is -4.06. The fourth-order valence-corrected chi connectivity index (χ4v) is 3.66. The fraction of sp³-hybridized carbons (Fsp3) is 0.267. The first kappa shape index (κ1) is 26.5. The summed E-state index contributed by atoms with van der Waals surface area (Å²) in [4.78, 5) is 25.8. The molecule has 1 N–H and O–H groups in total. The maximum absolute atomic E-state index is 12.6. The first-order valence-electron chi connectivity index (χ1n) is 12.2. The zero-order chi connectivity index (χ0) is 25.8. The van der Waals surface area contributed by atoms with Crippen LogP contribution in [0.25, 0.3) is 17.2 Å². The maximum Gasteiger partial charge on any atom is 0.330 e. The van der Waals surface area contributed by atoms with E-state index in [1.165, 1.54) is 13.2 Å². The van der Waals surface area contributed by atoms with E-state index in [4.69, 9.17) is 9.47 Å². The predicted molar refractivity (Wildman–Crippen MR) is 145 cm³/mol. The third kappa shape index (κ3) is 7.73. The molecule has 0 aromatic heterocycles. The molecule has 0 aliphatic carbocycles. The summed E-state index contributed by atoms with van der Waals surface area (Å²) in [6, 6.07) is 23.4. The minimum atomic E-state index is -0.422. The van der Waals surface area contributed by atoms with Gasteiger partial charge in [-0.2, -0.15) is 0 Å². The lowest BCUT2D eigenvalue weighted by Crippen LogP contribution is -2.37. The predicted octanol–water partition coefficient (Wildman–Crippen LogP) is 6.45. The number of hydrogen-bond acceptors (Lipinski definition) is 4. The van der Waals surface area contributed by atoms with E-state index in [9.17, 15) is 9.59 Å². The van der Waals surface area contributed by atoms with E-state index in [-0.39, 0.29) is 6.03 Å². The molecular formula is C30H34N2O4. The van der Waals surface area contributed by atoms with Crippen molar-refractivity contribution in [3.8, 4) is 16.9 Å². The van der Waals surface area contributed by atoms with Gasteiger partial charge in [-0.15, -0.1) is 0 Å². The molecule has 0 heterocycles. The number of unbranched alkanes of at least 4 members (excludes halogenated alkanes) is 2. The van der Waals surface area contributed by atoms with Gasteiger partial charge in [0.2, 0.25) is 0 Å². The largest absolute Gasteiger partial charge is 0.488 e. The van der Waals surface area contributed by atoms with Crippen molar-refractivity contribution in [2.45, 2.75) is 32.8 Å². The maximum atomic E-state index is 12.6. The van der Waals surface area contributed by atoms with Crippen molar-refractivity contribution in [1.82, 2.24) is 5.32 Å². The highest BCUT2D eigenvalue weighted by Gasteiger charge is 2.13. The second-order valence-corrected chi connectivity index (χ2v) is 8.43. The molecule has 0 aliphatic rings. The normalized spacial score (nSPS) is 10.8. The number of nitrogens with zero attached hydrogens (tertiary/aromatic N) is 1. The average molecular weight is 487 g/mol. The Morgan fingerprint density at radius 2 is 1.78 bits per heavy atom. The first-order chi connectivity index (χ1) is 17.5.